The minimum Gasteiger partial charge on any atom is -0.459 e. The lowest BCUT2D eigenvalue weighted by Gasteiger charge is -2.36. The topological polar surface area (TPSA) is 150 Å². The molecule has 0 fully saturated rings. The van der Waals surface area contributed by atoms with E-state index in [1.807, 2.05) is 55.9 Å². The predicted molar refractivity (Wildman–Crippen MR) is 169 cm³/mol. The number of nitrogens with zero attached hydrogens (tertiary/aromatic N) is 2. The van der Waals surface area contributed by atoms with Crippen molar-refractivity contribution in [3.63, 3.8) is 0 Å². The first-order valence-electron chi connectivity index (χ1n) is 15.1. The fourth-order valence-corrected chi connectivity index (χ4v) is 5.59. The Labute approximate surface area is 257 Å². The zero-order valence-electron chi connectivity index (χ0n) is 25.6. The average Bonchev–Trinajstić information content (AvgIpc) is 3.24. The summed E-state index contributed by atoms with van der Waals surface area (Å²) in [6.45, 7) is 4.40. The van der Waals surface area contributed by atoms with Crippen molar-refractivity contribution < 1.29 is 24.2 Å². The van der Waals surface area contributed by atoms with Gasteiger partial charge in [0.1, 0.15) is 0 Å². The number of carbonyl (C=O) groups is 2. The van der Waals surface area contributed by atoms with Gasteiger partial charge in [-0.2, -0.15) is 0 Å². The maximum Gasteiger partial charge on any atom is 0.286 e. The van der Waals surface area contributed by atoms with Gasteiger partial charge in [0.2, 0.25) is 12.2 Å². The molecular formula is C33H43N5O6. The minimum atomic E-state index is -0.777. The largest absolute Gasteiger partial charge is 0.459 e. The summed E-state index contributed by atoms with van der Waals surface area (Å²) >= 11 is 0. The molecule has 0 radical (unpaired) electrons. The smallest absolute Gasteiger partial charge is 0.286 e. The molecule has 1 aromatic heterocycles. The third kappa shape index (κ3) is 7.59. The highest BCUT2D eigenvalue weighted by molar-refractivity contribution is 5.93. The Bertz CT molecular complexity index is 1510. The van der Waals surface area contributed by atoms with E-state index in [9.17, 15) is 19.5 Å². The van der Waals surface area contributed by atoms with Gasteiger partial charge in [0, 0.05) is 56.3 Å². The summed E-state index contributed by atoms with van der Waals surface area (Å²) in [5, 5.41) is 15.3. The summed E-state index contributed by atoms with van der Waals surface area (Å²) in [6, 6.07) is 16.5. The molecule has 1 aliphatic heterocycles. The van der Waals surface area contributed by atoms with Gasteiger partial charge in [-0.25, -0.2) is 4.68 Å². The molecule has 236 valence electrons. The van der Waals surface area contributed by atoms with Crippen molar-refractivity contribution in [2.24, 2.45) is 13.0 Å². The molecule has 4 rings (SSSR count). The van der Waals surface area contributed by atoms with Gasteiger partial charge < -0.3 is 30.9 Å². The molecule has 44 heavy (non-hydrogen) atoms. The minimum absolute atomic E-state index is 0.0160. The maximum absolute atomic E-state index is 13.9. The van der Waals surface area contributed by atoms with Crippen LogP contribution >= 0.6 is 0 Å². The van der Waals surface area contributed by atoms with Crippen LogP contribution in [0.4, 0.5) is 11.4 Å². The van der Waals surface area contributed by atoms with Crippen LogP contribution in [0.5, 0.6) is 0 Å². The molecule has 0 saturated heterocycles. The number of unbranched alkanes of at least 4 members (excludes halogenated alkanes) is 1. The first-order valence-corrected chi connectivity index (χ1v) is 15.1. The van der Waals surface area contributed by atoms with Gasteiger partial charge in [-0.05, 0) is 69.9 Å². The van der Waals surface area contributed by atoms with Crippen molar-refractivity contribution in [1.29, 1.82) is 0 Å². The summed E-state index contributed by atoms with van der Waals surface area (Å²) in [7, 11) is 1.84. The van der Waals surface area contributed by atoms with E-state index in [-0.39, 0.29) is 36.2 Å². The second-order valence-corrected chi connectivity index (χ2v) is 10.9. The van der Waals surface area contributed by atoms with Crippen LogP contribution < -0.4 is 21.9 Å². The van der Waals surface area contributed by atoms with Crippen LogP contribution in [0.25, 0.3) is 5.69 Å². The van der Waals surface area contributed by atoms with E-state index < -0.39 is 18.1 Å². The number of aliphatic hydroxyl groups is 1. The Morgan fingerprint density at radius 1 is 1.07 bits per heavy atom. The van der Waals surface area contributed by atoms with E-state index in [1.54, 1.807) is 35.0 Å². The number of ether oxygens (including phenoxy) is 2. The van der Waals surface area contributed by atoms with Crippen molar-refractivity contribution in [1.82, 2.24) is 14.7 Å². The fraction of sp³-hybridized carbons (Fsp3) is 0.424. The molecule has 0 bridgehead atoms. The van der Waals surface area contributed by atoms with Gasteiger partial charge >= 0.3 is 0 Å². The summed E-state index contributed by atoms with van der Waals surface area (Å²) in [4.78, 5) is 39.6. The molecule has 0 unspecified atom stereocenters. The maximum atomic E-state index is 13.9. The molecule has 0 spiro atoms. The monoisotopic (exact) mass is 605 g/mol. The van der Waals surface area contributed by atoms with E-state index in [0.29, 0.717) is 55.8 Å². The molecule has 1 aliphatic rings. The quantitative estimate of drug-likeness (QED) is 0.162. The third-order valence-corrected chi connectivity index (χ3v) is 7.92. The molecular weight excluding hydrogens is 562 g/mol. The molecule has 2 aromatic carbocycles. The molecule has 3 atom stereocenters. The van der Waals surface area contributed by atoms with E-state index in [2.05, 4.69) is 10.6 Å². The molecule has 3 aromatic rings. The molecule has 0 aliphatic carbocycles. The number of para-hydroxylation sites is 3. The van der Waals surface area contributed by atoms with Gasteiger partial charge in [0.15, 0.2) is 5.76 Å². The van der Waals surface area contributed by atoms with Crippen molar-refractivity contribution in [3.05, 3.63) is 88.0 Å². The van der Waals surface area contributed by atoms with E-state index in [1.165, 1.54) is 0 Å². The van der Waals surface area contributed by atoms with Crippen LogP contribution in [0.2, 0.25) is 0 Å². The van der Waals surface area contributed by atoms with Crippen LogP contribution in [-0.4, -0.2) is 52.3 Å². The average molecular weight is 606 g/mol. The number of aliphatic hydroxyl groups excluding tert-OH is 1. The number of carbonyl (C=O) groups excluding carboxylic acids is 2. The number of rotatable bonds is 14. The first-order chi connectivity index (χ1) is 21.3. The first kappa shape index (κ1) is 32.6. The van der Waals surface area contributed by atoms with Crippen LogP contribution in [0.3, 0.4) is 0 Å². The van der Waals surface area contributed by atoms with E-state index >= 15 is 0 Å². The van der Waals surface area contributed by atoms with Crippen LogP contribution in [0.1, 0.15) is 56.2 Å². The van der Waals surface area contributed by atoms with Crippen LogP contribution in [0.15, 0.2) is 71.2 Å². The number of nitrogen functional groups attached to an aromatic ring is 1. The van der Waals surface area contributed by atoms with Gasteiger partial charge in [-0.15, -0.1) is 0 Å². The molecule has 0 saturated carbocycles. The van der Waals surface area contributed by atoms with E-state index in [0.717, 1.165) is 11.4 Å². The summed E-state index contributed by atoms with van der Waals surface area (Å²) < 4.78 is 15.5. The number of benzene rings is 2. The second kappa shape index (κ2) is 15.4. The zero-order chi connectivity index (χ0) is 31.6. The number of hydrogen-bond donors (Lipinski definition) is 4. The molecule has 11 heteroatoms. The molecule has 2 heterocycles. The SMILES string of the molecule is CCO[C@@H]1OC(C(=O)NCCCCC(=O)Nc2ccccc2N)=C[C@H](c2c(C)n(C)n(-c3ccccc3)c2=O)[C@@H]1CCCO. The van der Waals surface area contributed by atoms with Crippen LogP contribution in [0, 0.1) is 12.8 Å². The number of hydrogen-bond acceptors (Lipinski definition) is 7. The standard InChI is InChI=1S/C33H43N5O6/c1-4-43-33-24(15-12-20-39)25(30-22(2)37(3)38(32(30)42)23-13-6-5-7-14-23)21-28(44-33)31(41)35-19-11-10-18-29(40)36-27-17-9-8-16-26(27)34/h5-9,13-14,16-17,21,24-25,33,39H,4,10-12,15,18-20,34H2,1-3H3,(H,35,41)(H,36,40)/t24-,25-,33+/m0/s1. The van der Waals surface area contributed by atoms with Crippen molar-refractivity contribution in [2.75, 3.05) is 30.8 Å². The Morgan fingerprint density at radius 2 is 1.80 bits per heavy atom. The highest BCUT2D eigenvalue weighted by atomic mass is 16.7. The van der Waals surface area contributed by atoms with Crippen LogP contribution in [-0.2, 0) is 26.1 Å². The third-order valence-electron chi connectivity index (χ3n) is 7.92. The van der Waals surface area contributed by atoms with Crippen molar-refractivity contribution in [3.8, 4) is 5.69 Å². The number of amides is 2. The lowest BCUT2D eigenvalue weighted by molar-refractivity contribution is -0.166. The number of allylic oxidation sites excluding steroid dienone is 1. The zero-order valence-corrected chi connectivity index (χ0v) is 25.6. The van der Waals surface area contributed by atoms with Gasteiger partial charge in [-0.3, -0.25) is 19.1 Å². The fourth-order valence-electron chi connectivity index (χ4n) is 5.59. The Morgan fingerprint density at radius 3 is 2.50 bits per heavy atom. The Hall–Kier alpha value is -4.35. The summed E-state index contributed by atoms with van der Waals surface area (Å²) in [5.41, 5.74) is 8.84. The van der Waals surface area contributed by atoms with E-state index in [4.69, 9.17) is 15.2 Å². The Balaban J connectivity index is 1.50. The molecule has 5 N–H and O–H groups in total. The Kier molecular flexibility index (Phi) is 11.4. The molecule has 11 nitrogen and oxygen atoms in total. The predicted octanol–water partition coefficient (Wildman–Crippen LogP) is 3.74. The lowest BCUT2D eigenvalue weighted by atomic mass is 9.80. The lowest BCUT2D eigenvalue weighted by Crippen LogP contribution is -2.40. The van der Waals surface area contributed by atoms with Crippen molar-refractivity contribution in [2.45, 2.75) is 58.2 Å². The number of anilines is 2. The highest BCUT2D eigenvalue weighted by Gasteiger charge is 2.40. The molecule has 2 amide bonds. The second-order valence-electron chi connectivity index (χ2n) is 10.9. The van der Waals surface area contributed by atoms with Gasteiger partial charge in [0.25, 0.3) is 11.5 Å². The number of aromatic nitrogens is 2. The number of nitrogens with one attached hydrogen (secondary N) is 2. The summed E-state index contributed by atoms with van der Waals surface area (Å²) in [6.07, 6.45) is 3.39. The summed E-state index contributed by atoms with van der Waals surface area (Å²) in [5.74, 6) is -1.26. The van der Waals surface area contributed by atoms with Gasteiger partial charge in [-0.1, -0.05) is 30.3 Å². The highest BCUT2D eigenvalue weighted by Crippen LogP contribution is 2.39. The van der Waals surface area contributed by atoms with Crippen molar-refractivity contribution >= 4 is 23.2 Å². The normalized spacial score (nSPS) is 17.9. The number of nitrogens with two attached hydrogens (primary N) is 1. The van der Waals surface area contributed by atoms with Gasteiger partial charge in [0.05, 0.1) is 17.1 Å².